The molecule has 1 atom stereocenters. The summed E-state index contributed by atoms with van der Waals surface area (Å²) >= 11 is 0. The Labute approximate surface area is 208 Å². The van der Waals surface area contributed by atoms with Gasteiger partial charge >= 0.3 is 0 Å². The molecule has 1 heterocycles. The number of methoxy groups -OCH3 is 1. The van der Waals surface area contributed by atoms with Crippen molar-refractivity contribution >= 4 is 23.4 Å². The maximum absolute atomic E-state index is 11.6. The Kier molecular flexibility index (Phi) is 7.55. The minimum Gasteiger partial charge on any atom is -0.504 e. The quantitative estimate of drug-likeness (QED) is 0.499. The van der Waals surface area contributed by atoms with Crippen molar-refractivity contribution in [1.82, 2.24) is 4.98 Å². The van der Waals surface area contributed by atoms with Gasteiger partial charge in [-0.2, -0.15) is 0 Å². The molecule has 1 N–H and O–H groups in total. The molecule has 0 aliphatic heterocycles. The molecule has 1 aromatic heterocycles. The molecule has 3 aromatic rings. The predicted molar refractivity (Wildman–Crippen MR) is 136 cm³/mol. The Morgan fingerprint density at radius 1 is 1.00 bits per heavy atom. The van der Waals surface area contributed by atoms with E-state index in [4.69, 9.17) is 4.74 Å². The van der Waals surface area contributed by atoms with Crippen LogP contribution in [0, 0.1) is 0 Å². The van der Waals surface area contributed by atoms with Gasteiger partial charge in [0.25, 0.3) is 0 Å². The third-order valence-electron chi connectivity index (χ3n) is 6.32. The van der Waals surface area contributed by atoms with Gasteiger partial charge in [-0.1, -0.05) is 42.5 Å². The summed E-state index contributed by atoms with van der Waals surface area (Å²) in [5.41, 5.74) is 3.88. The molecule has 1 aliphatic rings. The zero-order valence-electron chi connectivity index (χ0n) is 19.7. The molecule has 2 aromatic carbocycles. The van der Waals surface area contributed by atoms with E-state index < -0.39 is 0 Å². The Balaban J connectivity index is 1.93. The topological polar surface area (TPSA) is 93.6 Å². The zero-order valence-corrected chi connectivity index (χ0v) is 19.7. The van der Waals surface area contributed by atoms with Gasteiger partial charge in [0.1, 0.15) is 17.8 Å². The molecule has 1 unspecified atom stereocenters. The normalized spacial score (nSPS) is 13.8. The van der Waals surface area contributed by atoms with Crippen LogP contribution in [0.4, 0.5) is 0 Å². The van der Waals surface area contributed by atoms with Crippen molar-refractivity contribution in [3.05, 3.63) is 112 Å². The van der Waals surface area contributed by atoms with Crippen LogP contribution in [-0.4, -0.2) is 35.0 Å². The molecule has 6 nitrogen and oxygen atoms in total. The number of benzene rings is 2. The summed E-state index contributed by atoms with van der Waals surface area (Å²) in [5.74, 6) is 5.18. The maximum Gasteiger partial charge on any atom is 0.164 e. The van der Waals surface area contributed by atoms with Crippen molar-refractivity contribution in [1.29, 1.82) is 0 Å². The van der Waals surface area contributed by atoms with Crippen LogP contribution < -0.4 is 4.74 Å². The van der Waals surface area contributed by atoms with Gasteiger partial charge in [0.2, 0.25) is 0 Å². The third-order valence-corrected chi connectivity index (χ3v) is 6.32. The number of rotatable bonds is 7. The van der Waals surface area contributed by atoms with Gasteiger partial charge in [0.05, 0.1) is 23.8 Å². The fraction of sp³-hybridized carbons (Fsp3) is 0.167. The Morgan fingerprint density at radius 2 is 1.81 bits per heavy atom. The van der Waals surface area contributed by atoms with E-state index in [-0.39, 0.29) is 34.8 Å². The Hall–Kier alpha value is -4.72. The number of carbonyl (C=O) groups excluding carboxylic acids is 3. The number of aromatic hydroxyl groups is 1. The monoisotopic (exact) mass is 477 g/mol. The van der Waals surface area contributed by atoms with Crippen molar-refractivity contribution < 1.29 is 24.2 Å². The number of aryl methyl sites for hydroxylation is 1. The van der Waals surface area contributed by atoms with E-state index in [0.717, 1.165) is 17.5 Å². The van der Waals surface area contributed by atoms with E-state index in [1.165, 1.54) is 19.3 Å². The number of ether oxygens (including phenoxy) is 1. The lowest BCUT2D eigenvalue weighted by atomic mass is 9.78. The fourth-order valence-electron chi connectivity index (χ4n) is 4.64. The van der Waals surface area contributed by atoms with E-state index in [1.54, 1.807) is 36.3 Å². The van der Waals surface area contributed by atoms with E-state index in [0.29, 0.717) is 28.9 Å². The Bertz CT molecular complexity index is 1450. The molecule has 0 amide bonds. The minimum atomic E-state index is -0.243. The molecule has 6 heteroatoms. The number of phenols is 1. The molecule has 178 valence electrons. The van der Waals surface area contributed by atoms with E-state index >= 15 is 0 Å². The molecule has 36 heavy (non-hydrogen) atoms. The standard InChI is InChI=1S/C30H23NO5/c1-36-30-28(35)12-11-26(22-14-23(17-32)27(19-34)24(15-22)18-33)29(30)25(21-8-5-13-31-16-21)10-9-20-6-3-2-4-7-20/h2-8,11-14,16,25,35H,9-10,15H2,1H3. The van der Waals surface area contributed by atoms with Gasteiger partial charge in [-0.25, -0.2) is 14.4 Å². The SMILES string of the molecule is COc1c(O)ccc(C2=CC(=C=O)C(=C=O)C(=C=O)C2)c1C(CCc1ccccc1)c1cccnc1. The molecular formula is C30H23NO5. The minimum absolute atomic E-state index is 0.0288. The summed E-state index contributed by atoms with van der Waals surface area (Å²) in [4.78, 5) is 39.0. The average molecular weight is 478 g/mol. The highest BCUT2D eigenvalue weighted by Gasteiger charge is 2.29. The van der Waals surface area contributed by atoms with Crippen LogP contribution in [0.5, 0.6) is 11.5 Å². The molecule has 0 bridgehead atoms. The number of hydrogen-bond acceptors (Lipinski definition) is 6. The van der Waals surface area contributed by atoms with Crippen LogP contribution in [0.2, 0.25) is 0 Å². The van der Waals surface area contributed by atoms with Crippen molar-refractivity contribution in [2.45, 2.75) is 25.2 Å². The van der Waals surface area contributed by atoms with Crippen LogP contribution in [0.1, 0.15) is 41.0 Å². The van der Waals surface area contributed by atoms with E-state index in [2.05, 4.69) is 17.1 Å². The summed E-state index contributed by atoms with van der Waals surface area (Å²) in [6.45, 7) is 0. The van der Waals surface area contributed by atoms with E-state index in [1.807, 2.05) is 30.3 Å². The van der Waals surface area contributed by atoms with Gasteiger partial charge in [0, 0.05) is 30.3 Å². The van der Waals surface area contributed by atoms with Gasteiger partial charge in [-0.05, 0) is 53.3 Å². The van der Waals surface area contributed by atoms with Crippen LogP contribution in [0.25, 0.3) is 5.57 Å². The number of nitrogens with zero attached hydrogens (tertiary/aromatic N) is 1. The second-order valence-electron chi connectivity index (χ2n) is 8.36. The van der Waals surface area contributed by atoms with Crippen molar-refractivity contribution in [3.63, 3.8) is 0 Å². The fourth-order valence-corrected chi connectivity index (χ4v) is 4.64. The van der Waals surface area contributed by atoms with Crippen LogP contribution >= 0.6 is 0 Å². The molecule has 0 fully saturated rings. The molecule has 0 saturated carbocycles. The lowest BCUT2D eigenvalue weighted by molar-refractivity contribution is 0.366. The first-order chi connectivity index (χ1) is 17.6. The van der Waals surface area contributed by atoms with E-state index in [9.17, 15) is 19.5 Å². The maximum atomic E-state index is 11.6. The van der Waals surface area contributed by atoms with Crippen LogP contribution in [-0.2, 0) is 20.8 Å². The predicted octanol–water partition coefficient (Wildman–Crippen LogP) is 4.62. The van der Waals surface area contributed by atoms with Gasteiger partial charge < -0.3 is 9.84 Å². The first kappa shape index (κ1) is 24.4. The largest absolute Gasteiger partial charge is 0.504 e. The number of pyridine rings is 1. The summed E-state index contributed by atoms with van der Waals surface area (Å²) in [7, 11) is 1.48. The van der Waals surface area contributed by atoms with Crippen molar-refractivity contribution in [3.8, 4) is 11.5 Å². The summed E-state index contributed by atoms with van der Waals surface area (Å²) in [6, 6.07) is 17.1. The highest BCUT2D eigenvalue weighted by atomic mass is 16.5. The lowest BCUT2D eigenvalue weighted by Gasteiger charge is -2.26. The van der Waals surface area contributed by atoms with Crippen molar-refractivity contribution in [2.75, 3.05) is 7.11 Å². The Morgan fingerprint density at radius 3 is 2.44 bits per heavy atom. The van der Waals surface area contributed by atoms with Gasteiger partial charge in [-0.15, -0.1) is 0 Å². The molecule has 4 rings (SSSR count). The summed E-state index contributed by atoms with van der Waals surface area (Å²) < 4.78 is 5.68. The lowest BCUT2D eigenvalue weighted by Crippen LogP contribution is -2.11. The second-order valence-corrected chi connectivity index (χ2v) is 8.36. The highest BCUT2D eigenvalue weighted by molar-refractivity contribution is 5.93. The van der Waals surface area contributed by atoms with Gasteiger partial charge in [-0.3, -0.25) is 4.98 Å². The highest BCUT2D eigenvalue weighted by Crippen LogP contribution is 2.46. The molecule has 0 saturated heterocycles. The number of hydrogen-bond donors (Lipinski definition) is 1. The molecular weight excluding hydrogens is 454 g/mol. The number of phenolic OH excluding ortho intramolecular Hbond substituents is 1. The number of aromatic nitrogens is 1. The van der Waals surface area contributed by atoms with Crippen molar-refractivity contribution in [2.24, 2.45) is 0 Å². The average Bonchev–Trinajstić information content (AvgIpc) is 2.93. The zero-order chi connectivity index (χ0) is 25.5. The first-order valence-corrected chi connectivity index (χ1v) is 11.4. The number of allylic oxidation sites excluding steroid dienone is 5. The summed E-state index contributed by atoms with van der Waals surface area (Å²) in [6.07, 6.45) is 6.48. The van der Waals surface area contributed by atoms with Gasteiger partial charge in [0.15, 0.2) is 11.5 Å². The smallest absolute Gasteiger partial charge is 0.164 e. The first-order valence-electron chi connectivity index (χ1n) is 11.4. The molecule has 1 aliphatic carbocycles. The van der Waals surface area contributed by atoms with Crippen LogP contribution in [0.3, 0.4) is 0 Å². The van der Waals surface area contributed by atoms with Crippen LogP contribution in [0.15, 0.2) is 89.8 Å². The molecule has 0 spiro atoms. The summed E-state index contributed by atoms with van der Waals surface area (Å²) in [5, 5.41) is 10.7. The molecule has 0 radical (unpaired) electrons. The third kappa shape index (κ3) is 4.88. The second kappa shape index (κ2) is 11.1.